The first-order chi connectivity index (χ1) is 12.6. The molecule has 0 unspecified atom stereocenters. The molecule has 0 aliphatic carbocycles. The van der Waals surface area contributed by atoms with Crippen molar-refractivity contribution in [2.45, 2.75) is 18.9 Å². The lowest BCUT2D eigenvalue weighted by atomic mass is 10.2. The highest BCUT2D eigenvalue weighted by atomic mass is 16.5. The lowest BCUT2D eigenvalue weighted by Crippen LogP contribution is -2.42. The van der Waals surface area contributed by atoms with Crippen LogP contribution in [0.4, 0.5) is 0 Å². The summed E-state index contributed by atoms with van der Waals surface area (Å²) in [6.07, 6.45) is 3.58. The first-order valence-electron chi connectivity index (χ1n) is 8.89. The third-order valence-corrected chi connectivity index (χ3v) is 4.46. The maximum atomic E-state index is 12.9. The summed E-state index contributed by atoms with van der Waals surface area (Å²) >= 11 is 0. The number of ether oxygens (including phenoxy) is 2. The van der Waals surface area contributed by atoms with Crippen LogP contribution in [0.25, 0.3) is 0 Å². The van der Waals surface area contributed by atoms with E-state index in [2.05, 4.69) is 0 Å². The topological polar surface area (TPSA) is 60.8 Å². The van der Waals surface area contributed by atoms with Gasteiger partial charge in [0.1, 0.15) is 17.9 Å². The summed E-state index contributed by atoms with van der Waals surface area (Å²) < 4.78 is 12.8. The smallest absolute Gasteiger partial charge is 0.263 e. The van der Waals surface area contributed by atoms with Gasteiger partial charge in [-0.25, -0.2) is 0 Å². The third kappa shape index (κ3) is 4.52. The van der Waals surface area contributed by atoms with E-state index in [-0.39, 0.29) is 23.1 Å². The minimum Gasteiger partial charge on any atom is -0.492 e. The van der Waals surface area contributed by atoms with Gasteiger partial charge in [0.05, 0.1) is 12.6 Å². The number of carbonyl (C=O) groups excluding carboxylic acids is 1. The number of benzene rings is 1. The number of rotatable bonds is 7. The standard InChI is InChI=1S/C20H24N2O4/c1-21-11-5-10-18(19(21)23)20(24)22(15-17-9-6-13-25-17)12-14-26-16-7-3-2-4-8-16/h2-5,7-8,10-11,17H,6,9,12-15H2,1H3/t17-/m1/s1. The lowest BCUT2D eigenvalue weighted by molar-refractivity contribution is 0.0492. The number of aromatic nitrogens is 1. The molecular weight excluding hydrogens is 332 g/mol. The van der Waals surface area contributed by atoms with Gasteiger partial charge in [-0.1, -0.05) is 18.2 Å². The molecule has 0 bridgehead atoms. The Hall–Kier alpha value is -2.60. The largest absolute Gasteiger partial charge is 0.492 e. The summed E-state index contributed by atoms with van der Waals surface area (Å²) in [5.41, 5.74) is -0.119. The summed E-state index contributed by atoms with van der Waals surface area (Å²) in [6, 6.07) is 12.8. The van der Waals surface area contributed by atoms with Crippen LogP contribution in [0.2, 0.25) is 0 Å². The van der Waals surface area contributed by atoms with E-state index >= 15 is 0 Å². The Morgan fingerprint density at radius 3 is 2.81 bits per heavy atom. The first kappa shape index (κ1) is 18.2. The molecule has 6 nitrogen and oxygen atoms in total. The van der Waals surface area contributed by atoms with Crippen molar-refractivity contribution in [1.82, 2.24) is 9.47 Å². The fourth-order valence-electron chi connectivity index (χ4n) is 3.03. The van der Waals surface area contributed by atoms with E-state index in [1.54, 1.807) is 30.3 Å². The highest BCUT2D eigenvalue weighted by Gasteiger charge is 2.25. The van der Waals surface area contributed by atoms with E-state index in [9.17, 15) is 9.59 Å². The van der Waals surface area contributed by atoms with Crippen LogP contribution in [0.1, 0.15) is 23.2 Å². The Balaban J connectivity index is 1.70. The van der Waals surface area contributed by atoms with Gasteiger partial charge >= 0.3 is 0 Å². The molecule has 1 atom stereocenters. The Morgan fingerprint density at radius 1 is 1.27 bits per heavy atom. The molecule has 0 N–H and O–H groups in total. The zero-order valence-electron chi connectivity index (χ0n) is 15.0. The minimum absolute atomic E-state index is 0.0169. The molecule has 138 valence electrons. The highest BCUT2D eigenvalue weighted by molar-refractivity contribution is 5.93. The molecule has 1 aromatic carbocycles. The molecular formula is C20H24N2O4. The SMILES string of the molecule is Cn1cccc(C(=O)N(CCOc2ccccc2)C[C@H]2CCCO2)c1=O. The van der Waals surface area contributed by atoms with Crippen molar-refractivity contribution in [3.63, 3.8) is 0 Å². The van der Waals surface area contributed by atoms with E-state index in [0.29, 0.717) is 19.7 Å². The molecule has 1 saturated heterocycles. The quantitative estimate of drug-likeness (QED) is 0.762. The number of amides is 1. The van der Waals surface area contributed by atoms with Gasteiger partial charge in [-0.3, -0.25) is 9.59 Å². The third-order valence-electron chi connectivity index (χ3n) is 4.46. The van der Waals surface area contributed by atoms with Crippen LogP contribution < -0.4 is 10.3 Å². The van der Waals surface area contributed by atoms with Gasteiger partial charge in [-0.2, -0.15) is 0 Å². The fraction of sp³-hybridized carbons (Fsp3) is 0.400. The second-order valence-electron chi connectivity index (χ2n) is 6.39. The summed E-state index contributed by atoms with van der Waals surface area (Å²) in [4.78, 5) is 26.9. The number of hydrogen-bond donors (Lipinski definition) is 0. The van der Waals surface area contributed by atoms with Crippen LogP contribution >= 0.6 is 0 Å². The number of pyridine rings is 1. The molecule has 1 aliphatic heterocycles. The van der Waals surface area contributed by atoms with Gasteiger partial charge in [-0.05, 0) is 37.1 Å². The summed E-state index contributed by atoms with van der Waals surface area (Å²) in [5.74, 6) is 0.478. The molecule has 0 saturated carbocycles. The maximum Gasteiger partial charge on any atom is 0.263 e. The monoisotopic (exact) mass is 356 g/mol. The van der Waals surface area contributed by atoms with Gasteiger partial charge in [0, 0.05) is 26.4 Å². The zero-order chi connectivity index (χ0) is 18.4. The maximum absolute atomic E-state index is 12.9. The van der Waals surface area contributed by atoms with E-state index < -0.39 is 0 Å². The van der Waals surface area contributed by atoms with Crippen molar-refractivity contribution in [3.05, 3.63) is 64.6 Å². The van der Waals surface area contributed by atoms with Crippen LogP contribution in [-0.4, -0.2) is 47.8 Å². The van der Waals surface area contributed by atoms with Crippen LogP contribution in [0, 0.1) is 0 Å². The van der Waals surface area contributed by atoms with Crippen molar-refractivity contribution in [3.8, 4) is 5.75 Å². The highest BCUT2D eigenvalue weighted by Crippen LogP contribution is 2.15. The average Bonchev–Trinajstić information content (AvgIpc) is 3.17. The number of hydrogen-bond acceptors (Lipinski definition) is 4. The van der Waals surface area contributed by atoms with Gasteiger partial charge in [0.15, 0.2) is 0 Å². The number of carbonyl (C=O) groups is 1. The van der Waals surface area contributed by atoms with Crippen molar-refractivity contribution >= 4 is 5.91 Å². The predicted octanol–water partition coefficient (Wildman–Crippen LogP) is 2.09. The van der Waals surface area contributed by atoms with Crippen LogP contribution in [0.3, 0.4) is 0 Å². The zero-order valence-corrected chi connectivity index (χ0v) is 15.0. The molecule has 1 amide bonds. The van der Waals surface area contributed by atoms with Gasteiger partial charge in [-0.15, -0.1) is 0 Å². The van der Waals surface area contributed by atoms with Gasteiger partial charge in [0.25, 0.3) is 11.5 Å². The molecule has 1 aliphatic rings. The molecule has 1 fully saturated rings. The Bertz CT molecular complexity index is 782. The summed E-state index contributed by atoms with van der Waals surface area (Å²) in [6.45, 7) is 1.94. The Kier molecular flexibility index (Phi) is 6.07. The Morgan fingerprint density at radius 2 is 2.08 bits per heavy atom. The predicted molar refractivity (Wildman–Crippen MR) is 98.5 cm³/mol. The second kappa shape index (κ2) is 8.67. The number of aryl methyl sites for hydroxylation is 1. The average molecular weight is 356 g/mol. The van der Waals surface area contributed by atoms with Crippen molar-refractivity contribution in [2.24, 2.45) is 7.05 Å². The molecule has 26 heavy (non-hydrogen) atoms. The molecule has 3 rings (SSSR count). The fourth-order valence-corrected chi connectivity index (χ4v) is 3.03. The number of nitrogens with zero attached hydrogens (tertiary/aromatic N) is 2. The molecule has 1 aromatic heterocycles. The van der Waals surface area contributed by atoms with Crippen LogP contribution in [0.15, 0.2) is 53.5 Å². The second-order valence-corrected chi connectivity index (χ2v) is 6.39. The first-order valence-corrected chi connectivity index (χ1v) is 8.89. The minimum atomic E-state index is -0.293. The van der Waals surface area contributed by atoms with Crippen LogP contribution in [0.5, 0.6) is 5.75 Å². The van der Waals surface area contributed by atoms with Crippen LogP contribution in [-0.2, 0) is 11.8 Å². The summed E-state index contributed by atoms with van der Waals surface area (Å²) in [7, 11) is 1.64. The van der Waals surface area contributed by atoms with Gasteiger partial charge < -0.3 is 18.9 Å². The molecule has 0 spiro atoms. The van der Waals surface area contributed by atoms with E-state index in [1.165, 1.54) is 4.57 Å². The number of para-hydroxylation sites is 1. The molecule has 0 radical (unpaired) electrons. The normalized spacial score (nSPS) is 16.4. The molecule has 6 heteroatoms. The Labute approximate surface area is 153 Å². The summed E-state index contributed by atoms with van der Waals surface area (Å²) in [5, 5.41) is 0. The van der Waals surface area contributed by atoms with E-state index in [4.69, 9.17) is 9.47 Å². The molecule has 2 aromatic rings. The lowest BCUT2D eigenvalue weighted by Gasteiger charge is -2.25. The van der Waals surface area contributed by atoms with E-state index in [0.717, 1.165) is 25.2 Å². The van der Waals surface area contributed by atoms with Gasteiger partial charge in [0.2, 0.25) is 0 Å². The van der Waals surface area contributed by atoms with Crippen molar-refractivity contribution in [2.75, 3.05) is 26.3 Å². The van der Waals surface area contributed by atoms with Crippen molar-refractivity contribution in [1.29, 1.82) is 0 Å². The van der Waals surface area contributed by atoms with Crippen molar-refractivity contribution < 1.29 is 14.3 Å². The molecule has 2 heterocycles. The van der Waals surface area contributed by atoms with E-state index in [1.807, 2.05) is 30.3 Å².